The van der Waals surface area contributed by atoms with Gasteiger partial charge in [0.15, 0.2) is 21.3 Å². The molecule has 0 aliphatic heterocycles. The molecule has 0 heterocycles. The Kier molecular flexibility index (Phi) is 6.68. The van der Waals surface area contributed by atoms with E-state index in [9.17, 15) is 16.8 Å². The van der Waals surface area contributed by atoms with E-state index in [1.54, 1.807) is 6.07 Å². The summed E-state index contributed by atoms with van der Waals surface area (Å²) < 4.78 is 67.2. The first-order chi connectivity index (χ1) is 12.7. The molecule has 2 aromatic rings. The normalized spacial score (nSPS) is 11.8. The zero-order valence-corrected chi connectivity index (χ0v) is 16.8. The van der Waals surface area contributed by atoms with Crippen LogP contribution in [0.1, 0.15) is 0 Å². The minimum atomic E-state index is -4.14. The minimum absolute atomic E-state index is 0.200. The number of anilines is 1. The highest BCUT2D eigenvalue weighted by atomic mass is 32.2. The molecular weight excluding hydrogens is 394 g/mol. The SMILES string of the molecule is COCCOc1cc(NS(=O)(=O)c2ccccc2S(C)(=O)=O)ccc1OC. The highest BCUT2D eigenvalue weighted by molar-refractivity contribution is 7.95. The summed E-state index contributed by atoms with van der Waals surface area (Å²) in [5.41, 5.74) is 0.200. The van der Waals surface area contributed by atoms with E-state index >= 15 is 0 Å². The van der Waals surface area contributed by atoms with E-state index in [0.717, 1.165) is 6.26 Å². The lowest BCUT2D eigenvalue weighted by Crippen LogP contribution is -2.16. The van der Waals surface area contributed by atoms with Crippen molar-refractivity contribution in [1.82, 2.24) is 0 Å². The number of nitrogens with one attached hydrogen (secondary N) is 1. The molecule has 0 spiro atoms. The fourth-order valence-corrected chi connectivity index (χ4v) is 4.96. The van der Waals surface area contributed by atoms with E-state index in [1.165, 1.54) is 50.6 Å². The topological polar surface area (TPSA) is 108 Å². The first-order valence-corrected chi connectivity index (χ1v) is 11.2. The van der Waals surface area contributed by atoms with Crippen molar-refractivity contribution < 1.29 is 31.0 Å². The lowest BCUT2D eigenvalue weighted by Gasteiger charge is -2.14. The lowest BCUT2D eigenvalue weighted by atomic mass is 10.3. The predicted molar refractivity (Wildman–Crippen MR) is 101 cm³/mol. The second-order valence-electron chi connectivity index (χ2n) is 5.53. The largest absolute Gasteiger partial charge is 0.493 e. The van der Waals surface area contributed by atoms with Crippen LogP contribution < -0.4 is 14.2 Å². The molecule has 1 N–H and O–H groups in total. The maximum Gasteiger partial charge on any atom is 0.263 e. The van der Waals surface area contributed by atoms with Gasteiger partial charge in [-0.1, -0.05) is 12.1 Å². The van der Waals surface area contributed by atoms with Gasteiger partial charge in [0.25, 0.3) is 10.0 Å². The molecule has 0 bridgehead atoms. The Bertz CT molecular complexity index is 1000. The van der Waals surface area contributed by atoms with Crippen LogP contribution in [0.5, 0.6) is 11.5 Å². The van der Waals surface area contributed by atoms with E-state index in [2.05, 4.69) is 4.72 Å². The maximum atomic E-state index is 12.7. The zero-order valence-electron chi connectivity index (χ0n) is 15.1. The van der Waals surface area contributed by atoms with Gasteiger partial charge in [-0.15, -0.1) is 0 Å². The van der Waals surface area contributed by atoms with Crippen molar-refractivity contribution in [2.45, 2.75) is 9.79 Å². The van der Waals surface area contributed by atoms with Crippen LogP contribution in [0, 0.1) is 0 Å². The summed E-state index contributed by atoms with van der Waals surface area (Å²) in [5.74, 6) is 0.747. The van der Waals surface area contributed by atoms with Crippen molar-refractivity contribution in [3.05, 3.63) is 42.5 Å². The van der Waals surface area contributed by atoms with Gasteiger partial charge < -0.3 is 14.2 Å². The van der Waals surface area contributed by atoms with Crippen molar-refractivity contribution in [3.8, 4) is 11.5 Å². The number of ether oxygens (including phenoxy) is 3. The molecule has 0 radical (unpaired) electrons. The molecule has 0 atom stereocenters. The Morgan fingerprint density at radius 2 is 1.56 bits per heavy atom. The van der Waals surface area contributed by atoms with E-state index in [-0.39, 0.29) is 22.1 Å². The predicted octanol–water partition coefficient (Wildman–Crippen LogP) is 1.92. The van der Waals surface area contributed by atoms with E-state index in [4.69, 9.17) is 14.2 Å². The summed E-state index contributed by atoms with van der Waals surface area (Å²) in [6, 6.07) is 9.89. The fraction of sp³-hybridized carbons (Fsp3) is 0.294. The third kappa shape index (κ3) is 5.34. The van der Waals surface area contributed by atoms with E-state index in [0.29, 0.717) is 18.1 Å². The third-order valence-corrected chi connectivity index (χ3v) is 6.22. The number of hydrogen-bond donors (Lipinski definition) is 1. The van der Waals surface area contributed by atoms with Crippen LogP contribution in [0.2, 0.25) is 0 Å². The average Bonchev–Trinajstić information content (AvgIpc) is 2.61. The maximum absolute atomic E-state index is 12.7. The second kappa shape index (κ2) is 8.59. The molecule has 0 amide bonds. The summed E-state index contributed by atoms with van der Waals surface area (Å²) >= 11 is 0. The molecule has 2 aromatic carbocycles. The lowest BCUT2D eigenvalue weighted by molar-refractivity contribution is 0.144. The molecule has 0 aromatic heterocycles. The molecule has 0 fully saturated rings. The van der Waals surface area contributed by atoms with Crippen LogP contribution in [0.15, 0.2) is 52.3 Å². The summed E-state index contributed by atoms with van der Waals surface area (Å²) in [6.45, 7) is 0.598. The smallest absolute Gasteiger partial charge is 0.263 e. The Hall–Kier alpha value is -2.30. The highest BCUT2D eigenvalue weighted by Crippen LogP contribution is 2.32. The number of benzene rings is 2. The molecule has 0 aliphatic carbocycles. The first kappa shape index (κ1) is 21.0. The Labute approximate surface area is 159 Å². The van der Waals surface area contributed by atoms with Gasteiger partial charge in [0.05, 0.1) is 24.3 Å². The van der Waals surface area contributed by atoms with Crippen molar-refractivity contribution in [3.63, 3.8) is 0 Å². The van der Waals surface area contributed by atoms with Gasteiger partial charge in [0.1, 0.15) is 11.5 Å². The fourth-order valence-electron chi connectivity index (χ4n) is 2.28. The van der Waals surface area contributed by atoms with Gasteiger partial charge in [-0.25, -0.2) is 16.8 Å². The summed E-state index contributed by atoms with van der Waals surface area (Å²) in [5, 5.41) is 0. The van der Waals surface area contributed by atoms with Crippen molar-refractivity contribution >= 4 is 25.5 Å². The minimum Gasteiger partial charge on any atom is -0.493 e. The molecule has 10 heteroatoms. The second-order valence-corrected chi connectivity index (χ2v) is 9.17. The standard InChI is InChI=1S/C17H21NO7S2/c1-23-10-11-25-15-12-13(8-9-14(15)24-2)18-27(21,22)17-7-5-4-6-16(17)26(3,19)20/h4-9,12,18H,10-11H2,1-3H3. The molecule has 0 saturated carbocycles. The van der Waals surface area contributed by atoms with Crippen LogP contribution in [-0.4, -0.2) is 50.5 Å². The monoisotopic (exact) mass is 415 g/mol. The number of rotatable bonds is 9. The van der Waals surface area contributed by atoms with Crippen LogP contribution in [-0.2, 0) is 24.6 Å². The quantitative estimate of drug-likeness (QED) is 0.623. The number of sulfone groups is 1. The Morgan fingerprint density at radius 1 is 0.889 bits per heavy atom. The third-order valence-electron chi connectivity index (χ3n) is 3.50. The number of sulfonamides is 1. The molecule has 27 heavy (non-hydrogen) atoms. The zero-order chi connectivity index (χ0) is 20.1. The van der Waals surface area contributed by atoms with Crippen molar-refractivity contribution in [1.29, 1.82) is 0 Å². The van der Waals surface area contributed by atoms with Crippen LogP contribution in [0.3, 0.4) is 0 Å². The number of methoxy groups -OCH3 is 2. The van der Waals surface area contributed by atoms with Gasteiger partial charge in [-0.05, 0) is 24.3 Å². The molecule has 0 saturated heterocycles. The van der Waals surface area contributed by atoms with Gasteiger partial charge in [-0.2, -0.15) is 0 Å². The van der Waals surface area contributed by atoms with Gasteiger partial charge in [0, 0.05) is 19.4 Å². The molecule has 0 aliphatic rings. The average molecular weight is 415 g/mol. The van der Waals surface area contributed by atoms with Crippen LogP contribution in [0.4, 0.5) is 5.69 Å². The van der Waals surface area contributed by atoms with Gasteiger partial charge in [-0.3, -0.25) is 4.72 Å². The van der Waals surface area contributed by atoms with Crippen molar-refractivity contribution in [2.75, 3.05) is 38.4 Å². The van der Waals surface area contributed by atoms with E-state index in [1.807, 2.05) is 0 Å². The Morgan fingerprint density at radius 3 is 2.15 bits per heavy atom. The molecule has 148 valence electrons. The Balaban J connectivity index is 2.37. The molecular formula is C17H21NO7S2. The molecule has 8 nitrogen and oxygen atoms in total. The summed E-state index contributed by atoms with van der Waals surface area (Å²) in [4.78, 5) is -0.604. The van der Waals surface area contributed by atoms with Gasteiger partial charge in [0.2, 0.25) is 0 Å². The molecule has 2 rings (SSSR count). The number of hydrogen-bond acceptors (Lipinski definition) is 7. The molecule has 0 unspecified atom stereocenters. The summed E-state index contributed by atoms with van der Waals surface area (Å²) in [6.07, 6.45) is 0.955. The van der Waals surface area contributed by atoms with E-state index < -0.39 is 19.9 Å². The van der Waals surface area contributed by atoms with Gasteiger partial charge >= 0.3 is 0 Å². The highest BCUT2D eigenvalue weighted by Gasteiger charge is 2.24. The van der Waals surface area contributed by atoms with Crippen molar-refractivity contribution in [2.24, 2.45) is 0 Å². The van der Waals surface area contributed by atoms with Crippen LogP contribution >= 0.6 is 0 Å². The summed E-state index contributed by atoms with van der Waals surface area (Å²) in [7, 11) is -4.86. The first-order valence-electron chi connectivity index (χ1n) is 7.80. The van der Waals surface area contributed by atoms with Crippen LogP contribution in [0.25, 0.3) is 0 Å².